The lowest BCUT2D eigenvalue weighted by molar-refractivity contribution is 0.564. The number of hydrogen-bond donors (Lipinski definition) is 0. The van der Waals surface area contributed by atoms with Gasteiger partial charge in [-0.1, -0.05) is 0 Å². The third-order valence-electron chi connectivity index (χ3n) is 1.74. The van der Waals surface area contributed by atoms with Crippen molar-refractivity contribution in [1.82, 2.24) is 14.8 Å². The molecule has 2 rings (SSSR count). The van der Waals surface area contributed by atoms with Gasteiger partial charge in [-0.25, -0.2) is 4.79 Å². The molecule has 1 aromatic heterocycles. The van der Waals surface area contributed by atoms with E-state index in [1.165, 1.54) is 6.08 Å². The van der Waals surface area contributed by atoms with Crippen LogP contribution < -0.4 is 0 Å². The van der Waals surface area contributed by atoms with E-state index in [9.17, 15) is 4.79 Å². The summed E-state index contributed by atoms with van der Waals surface area (Å²) in [6.45, 7) is 0.864. The summed E-state index contributed by atoms with van der Waals surface area (Å²) in [6, 6.07) is 0. The number of aryl methyl sites for hydroxylation is 1. The summed E-state index contributed by atoms with van der Waals surface area (Å²) < 4.78 is 1.84. The van der Waals surface area contributed by atoms with Gasteiger partial charge in [-0.3, -0.25) is 4.57 Å². The van der Waals surface area contributed by atoms with Gasteiger partial charge in [0.2, 0.25) is 6.08 Å². The predicted octanol–water partition coefficient (Wildman–Crippen LogP) is 0.192. The topological polar surface area (TPSA) is 60.1 Å². The quantitative estimate of drug-likeness (QED) is 0.424. The maximum absolute atomic E-state index is 9.90. The second kappa shape index (κ2) is 2.29. The highest BCUT2D eigenvalue weighted by molar-refractivity contribution is 5.41. The molecule has 0 saturated carbocycles. The first-order valence-corrected chi connectivity index (χ1v) is 3.42. The zero-order valence-electron chi connectivity index (χ0n) is 5.82. The van der Waals surface area contributed by atoms with Crippen molar-refractivity contribution in [2.24, 2.45) is 4.99 Å². The van der Waals surface area contributed by atoms with Crippen LogP contribution in [-0.2, 0) is 17.8 Å². The molecule has 0 aliphatic carbocycles. The van der Waals surface area contributed by atoms with Gasteiger partial charge in [0.15, 0.2) is 0 Å². The predicted molar refractivity (Wildman–Crippen MR) is 36.1 cm³/mol. The summed E-state index contributed by atoms with van der Waals surface area (Å²) >= 11 is 0. The Morgan fingerprint density at radius 3 is 3.27 bits per heavy atom. The Kier molecular flexibility index (Phi) is 1.30. The highest BCUT2D eigenvalue weighted by Gasteiger charge is 2.16. The van der Waals surface area contributed by atoms with Gasteiger partial charge < -0.3 is 0 Å². The van der Waals surface area contributed by atoms with Crippen molar-refractivity contribution in [2.75, 3.05) is 0 Å². The number of carbonyl (C=O) groups excluding carboxylic acids is 1. The molecule has 0 atom stereocenters. The summed E-state index contributed by atoms with van der Waals surface area (Å²) in [5.41, 5.74) is 0. The molecule has 1 aliphatic rings. The van der Waals surface area contributed by atoms with E-state index in [0.717, 1.165) is 25.2 Å². The fourth-order valence-corrected chi connectivity index (χ4v) is 1.26. The van der Waals surface area contributed by atoms with Gasteiger partial charge in [-0.2, -0.15) is 0 Å². The van der Waals surface area contributed by atoms with Gasteiger partial charge in [0.1, 0.15) is 5.82 Å². The van der Waals surface area contributed by atoms with E-state index in [4.69, 9.17) is 0 Å². The molecular weight excluding hydrogens is 144 g/mol. The number of nitrogens with zero attached hydrogens (tertiary/aromatic N) is 4. The van der Waals surface area contributed by atoms with E-state index in [0.29, 0.717) is 5.95 Å². The number of aromatic nitrogens is 3. The molecule has 0 fully saturated rings. The van der Waals surface area contributed by atoms with Crippen LogP contribution in [0.2, 0.25) is 0 Å². The molecule has 11 heavy (non-hydrogen) atoms. The van der Waals surface area contributed by atoms with Crippen LogP contribution in [0.5, 0.6) is 0 Å². The Labute approximate surface area is 62.8 Å². The molecule has 5 heteroatoms. The largest absolute Gasteiger partial charge is 0.295 e. The van der Waals surface area contributed by atoms with Gasteiger partial charge >= 0.3 is 0 Å². The van der Waals surface area contributed by atoms with Crippen molar-refractivity contribution in [3.05, 3.63) is 5.82 Å². The molecule has 0 bridgehead atoms. The minimum Gasteiger partial charge on any atom is -0.295 e. The van der Waals surface area contributed by atoms with Crippen molar-refractivity contribution in [2.45, 2.75) is 19.4 Å². The molecule has 56 valence electrons. The average molecular weight is 150 g/mol. The van der Waals surface area contributed by atoms with Crippen LogP contribution in [0.25, 0.3) is 0 Å². The van der Waals surface area contributed by atoms with Crippen LogP contribution in [0.4, 0.5) is 5.95 Å². The summed E-state index contributed by atoms with van der Waals surface area (Å²) in [4.78, 5) is 13.3. The van der Waals surface area contributed by atoms with E-state index < -0.39 is 0 Å². The first-order valence-electron chi connectivity index (χ1n) is 3.42. The Morgan fingerprint density at radius 1 is 1.55 bits per heavy atom. The molecule has 0 saturated heterocycles. The summed E-state index contributed by atoms with van der Waals surface area (Å²) in [6.07, 6.45) is 3.45. The van der Waals surface area contributed by atoms with Gasteiger partial charge in [-0.05, 0) is 6.42 Å². The number of fused-ring (bicyclic) bond motifs is 1. The molecule has 0 radical (unpaired) electrons. The maximum Gasteiger partial charge on any atom is 0.261 e. The molecule has 0 amide bonds. The normalized spacial score (nSPS) is 14.2. The Bertz CT molecular complexity index is 323. The van der Waals surface area contributed by atoms with Crippen LogP contribution in [0.1, 0.15) is 12.2 Å². The van der Waals surface area contributed by atoms with Crippen molar-refractivity contribution >= 4 is 12.0 Å². The fourth-order valence-electron chi connectivity index (χ4n) is 1.26. The number of isocyanates is 1. The highest BCUT2D eigenvalue weighted by Crippen LogP contribution is 2.18. The van der Waals surface area contributed by atoms with Crippen LogP contribution in [0.3, 0.4) is 0 Å². The second-order valence-electron chi connectivity index (χ2n) is 2.37. The third-order valence-corrected chi connectivity index (χ3v) is 1.74. The summed E-state index contributed by atoms with van der Waals surface area (Å²) in [5.74, 6) is 1.30. The SMILES string of the molecule is O=C=Nc1nnc2n1CCC2. The zero-order valence-corrected chi connectivity index (χ0v) is 5.82. The average Bonchev–Trinajstić information content (AvgIpc) is 2.53. The Hall–Kier alpha value is -1.48. The second-order valence-corrected chi connectivity index (χ2v) is 2.37. The lowest BCUT2D eigenvalue weighted by Gasteiger charge is -1.91. The molecule has 5 nitrogen and oxygen atoms in total. The maximum atomic E-state index is 9.90. The van der Waals surface area contributed by atoms with Gasteiger partial charge in [0, 0.05) is 13.0 Å². The van der Waals surface area contributed by atoms with Crippen LogP contribution >= 0.6 is 0 Å². The molecule has 1 aromatic rings. The summed E-state index contributed by atoms with van der Waals surface area (Å²) in [5, 5.41) is 7.57. The fraction of sp³-hybridized carbons (Fsp3) is 0.500. The Balaban J connectivity index is 2.49. The minimum atomic E-state index is 0.382. The lowest BCUT2D eigenvalue weighted by Crippen LogP contribution is -1.90. The van der Waals surface area contributed by atoms with Crippen LogP contribution in [0.15, 0.2) is 4.99 Å². The highest BCUT2D eigenvalue weighted by atomic mass is 16.1. The number of rotatable bonds is 1. The summed E-state index contributed by atoms with van der Waals surface area (Å²) in [7, 11) is 0. The first kappa shape index (κ1) is 6.24. The molecule has 0 N–H and O–H groups in total. The van der Waals surface area contributed by atoms with Crippen molar-refractivity contribution in [3.8, 4) is 0 Å². The molecule has 0 aromatic carbocycles. The van der Waals surface area contributed by atoms with E-state index in [1.54, 1.807) is 0 Å². The standard InChI is InChI=1S/C6H6N4O/c11-4-7-6-9-8-5-2-1-3-10(5)6/h1-3H2. The lowest BCUT2D eigenvalue weighted by atomic mass is 10.4. The van der Waals surface area contributed by atoms with Gasteiger partial charge in [0.05, 0.1) is 0 Å². The molecule has 0 unspecified atom stereocenters. The minimum absolute atomic E-state index is 0.382. The van der Waals surface area contributed by atoms with Crippen LogP contribution in [0, 0.1) is 0 Å². The van der Waals surface area contributed by atoms with Gasteiger partial charge in [-0.15, -0.1) is 15.2 Å². The van der Waals surface area contributed by atoms with Crippen LogP contribution in [-0.4, -0.2) is 20.8 Å². The Morgan fingerprint density at radius 2 is 2.45 bits per heavy atom. The van der Waals surface area contributed by atoms with E-state index >= 15 is 0 Å². The zero-order chi connectivity index (χ0) is 7.68. The number of hydrogen-bond acceptors (Lipinski definition) is 4. The molecular formula is C6H6N4O. The van der Waals surface area contributed by atoms with Crippen molar-refractivity contribution < 1.29 is 4.79 Å². The van der Waals surface area contributed by atoms with Crippen molar-refractivity contribution in [3.63, 3.8) is 0 Å². The molecule has 0 spiro atoms. The monoisotopic (exact) mass is 150 g/mol. The smallest absolute Gasteiger partial charge is 0.261 e. The number of aliphatic imine (C=N–C) groups is 1. The van der Waals surface area contributed by atoms with E-state index in [-0.39, 0.29) is 0 Å². The first-order chi connectivity index (χ1) is 5.42. The van der Waals surface area contributed by atoms with Gasteiger partial charge in [0.25, 0.3) is 5.95 Å². The van der Waals surface area contributed by atoms with Crippen molar-refractivity contribution in [1.29, 1.82) is 0 Å². The third kappa shape index (κ3) is 0.860. The van der Waals surface area contributed by atoms with E-state index in [2.05, 4.69) is 15.2 Å². The molecule has 1 aliphatic heterocycles. The molecule has 2 heterocycles. The van der Waals surface area contributed by atoms with E-state index in [1.807, 2.05) is 4.57 Å².